The summed E-state index contributed by atoms with van der Waals surface area (Å²) in [5.41, 5.74) is 0. The highest BCUT2D eigenvalue weighted by atomic mass is 32.2. The van der Waals surface area contributed by atoms with Gasteiger partial charge in [-0.15, -0.1) is 0 Å². The summed E-state index contributed by atoms with van der Waals surface area (Å²) in [5.74, 6) is 0. The summed E-state index contributed by atoms with van der Waals surface area (Å²) in [6, 6.07) is 0. The lowest BCUT2D eigenvalue weighted by atomic mass is 10.1. The summed E-state index contributed by atoms with van der Waals surface area (Å²) < 4.78 is 22.1. The van der Waals surface area contributed by atoms with Crippen molar-refractivity contribution in [2.45, 2.75) is 17.8 Å². The van der Waals surface area contributed by atoms with Crippen molar-refractivity contribution in [1.82, 2.24) is 0 Å². The molecule has 1 saturated heterocycles. The van der Waals surface area contributed by atoms with Crippen LogP contribution in [-0.4, -0.2) is 50.5 Å². The predicted octanol–water partition coefficient (Wildman–Crippen LogP) is -0.576. The van der Waals surface area contributed by atoms with Crippen molar-refractivity contribution in [3.63, 3.8) is 0 Å². The minimum Gasteiger partial charge on any atom is -0.770 e. The first kappa shape index (κ1) is 10.1. The zero-order valence-electron chi connectivity index (χ0n) is 7.45. The predicted molar refractivity (Wildman–Crippen MR) is 44.9 cm³/mol. The number of likely N-dealkylation sites (tertiary alicyclic amines) is 1. The molecule has 1 aliphatic heterocycles. The van der Waals surface area contributed by atoms with Gasteiger partial charge in [-0.05, 0) is 11.1 Å². The van der Waals surface area contributed by atoms with Crippen LogP contribution < -0.4 is 0 Å². The van der Waals surface area contributed by atoms with Gasteiger partial charge >= 0.3 is 0 Å². The molecule has 0 aromatic rings. The number of hydrogen-bond acceptors (Lipinski definition) is 3. The van der Waals surface area contributed by atoms with Crippen molar-refractivity contribution in [1.29, 1.82) is 0 Å². The third-order valence-electron chi connectivity index (χ3n) is 2.53. The van der Waals surface area contributed by atoms with Crippen molar-refractivity contribution in [3.8, 4) is 0 Å². The number of hydrogen-bond donors (Lipinski definition) is 1. The first-order valence-corrected chi connectivity index (χ1v) is 5.07. The molecule has 0 aromatic carbocycles. The standard InChI is InChI=1S/C7H15NO3S/c1-8(2)5-3-7(9,4-6-8)12(10)11/h9H,3-6H2,1-2H3. The summed E-state index contributed by atoms with van der Waals surface area (Å²) in [6.07, 6.45) is 0.687. The van der Waals surface area contributed by atoms with E-state index in [0.717, 1.165) is 4.48 Å². The molecule has 0 bridgehead atoms. The average Bonchev–Trinajstić information content (AvgIpc) is 1.96. The minimum absolute atomic E-state index is 0.343. The smallest absolute Gasteiger partial charge is 0.137 e. The number of quaternary nitrogens is 1. The van der Waals surface area contributed by atoms with Gasteiger partial charge in [-0.1, -0.05) is 0 Å². The molecule has 0 aliphatic carbocycles. The number of rotatable bonds is 1. The molecule has 1 fully saturated rings. The monoisotopic (exact) mass is 193 g/mol. The van der Waals surface area contributed by atoms with Gasteiger partial charge in [-0.25, -0.2) is 0 Å². The Kier molecular flexibility index (Phi) is 2.58. The lowest BCUT2D eigenvalue weighted by Crippen LogP contribution is -2.53. The van der Waals surface area contributed by atoms with Crippen LogP contribution in [-0.2, 0) is 11.1 Å². The Morgan fingerprint density at radius 2 is 1.83 bits per heavy atom. The van der Waals surface area contributed by atoms with E-state index in [2.05, 4.69) is 0 Å². The Labute approximate surface area is 75.1 Å². The van der Waals surface area contributed by atoms with Crippen LogP contribution in [0.1, 0.15) is 12.8 Å². The van der Waals surface area contributed by atoms with E-state index in [1.54, 1.807) is 0 Å². The molecule has 72 valence electrons. The fourth-order valence-electron chi connectivity index (χ4n) is 1.36. The molecule has 1 rings (SSSR count). The van der Waals surface area contributed by atoms with E-state index in [9.17, 15) is 13.9 Å². The minimum atomic E-state index is -2.36. The van der Waals surface area contributed by atoms with Crippen LogP contribution in [0.2, 0.25) is 0 Å². The Bertz CT molecular complexity index is 195. The van der Waals surface area contributed by atoms with E-state index < -0.39 is 16.0 Å². The topological polar surface area (TPSA) is 60.4 Å². The van der Waals surface area contributed by atoms with E-state index in [4.69, 9.17) is 0 Å². The molecule has 1 unspecified atom stereocenters. The maximum Gasteiger partial charge on any atom is 0.137 e. The molecule has 1 N–H and O–H groups in total. The van der Waals surface area contributed by atoms with Gasteiger partial charge in [0.1, 0.15) is 4.93 Å². The Balaban J connectivity index is 2.62. The first-order chi connectivity index (χ1) is 5.36. The molecule has 4 nitrogen and oxygen atoms in total. The normalized spacial score (nSPS) is 29.7. The zero-order chi connectivity index (χ0) is 9.41. The van der Waals surface area contributed by atoms with Crippen molar-refractivity contribution in [2.24, 2.45) is 0 Å². The summed E-state index contributed by atoms with van der Waals surface area (Å²) in [7, 11) is 4.07. The molecule has 5 heteroatoms. The van der Waals surface area contributed by atoms with Crippen LogP contribution in [0.3, 0.4) is 0 Å². The van der Waals surface area contributed by atoms with Crippen LogP contribution >= 0.6 is 0 Å². The van der Waals surface area contributed by atoms with Crippen molar-refractivity contribution >= 4 is 11.1 Å². The molecule has 0 saturated carbocycles. The summed E-state index contributed by atoms with van der Waals surface area (Å²) in [5, 5.41) is 9.56. The Hall–Kier alpha value is 0.0300. The zero-order valence-corrected chi connectivity index (χ0v) is 8.26. The van der Waals surface area contributed by atoms with Crippen LogP contribution in [0.4, 0.5) is 0 Å². The van der Waals surface area contributed by atoms with Crippen LogP contribution in [0, 0.1) is 0 Å². The second kappa shape index (κ2) is 3.06. The Morgan fingerprint density at radius 1 is 1.42 bits per heavy atom. The van der Waals surface area contributed by atoms with Crippen molar-refractivity contribution in [2.75, 3.05) is 27.2 Å². The third kappa shape index (κ3) is 2.04. The highest BCUT2D eigenvalue weighted by Gasteiger charge is 2.38. The van der Waals surface area contributed by atoms with E-state index in [1.165, 1.54) is 0 Å². The van der Waals surface area contributed by atoms with Crippen LogP contribution in [0.25, 0.3) is 0 Å². The molecule has 12 heavy (non-hydrogen) atoms. The highest BCUT2D eigenvalue weighted by Crippen LogP contribution is 2.26. The van der Waals surface area contributed by atoms with Gasteiger partial charge in [0.15, 0.2) is 0 Å². The molecule has 0 radical (unpaired) electrons. The number of piperidine rings is 1. The van der Waals surface area contributed by atoms with E-state index >= 15 is 0 Å². The summed E-state index contributed by atoms with van der Waals surface area (Å²) >= 11 is -2.36. The molecule has 1 atom stereocenters. The van der Waals surface area contributed by atoms with Crippen molar-refractivity contribution in [3.05, 3.63) is 0 Å². The number of nitrogens with zero attached hydrogens (tertiary/aromatic N) is 1. The lowest BCUT2D eigenvalue weighted by molar-refractivity contribution is -0.896. The molecule has 1 heterocycles. The highest BCUT2D eigenvalue weighted by molar-refractivity contribution is 7.80. The van der Waals surface area contributed by atoms with E-state index in [-0.39, 0.29) is 0 Å². The van der Waals surface area contributed by atoms with E-state index in [1.807, 2.05) is 14.1 Å². The van der Waals surface area contributed by atoms with Gasteiger partial charge in [0.25, 0.3) is 0 Å². The van der Waals surface area contributed by atoms with Gasteiger partial charge in [0, 0.05) is 12.8 Å². The maximum atomic E-state index is 10.6. The summed E-state index contributed by atoms with van der Waals surface area (Å²) in [6.45, 7) is 1.43. The molecule has 0 spiro atoms. The lowest BCUT2D eigenvalue weighted by Gasteiger charge is -2.42. The maximum absolute atomic E-state index is 10.6. The average molecular weight is 193 g/mol. The number of aliphatic hydroxyl groups is 1. The van der Waals surface area contributed by atoms with Gasteiger partial charge < -0.3 is 14.1 Å². The quantitative estimate of drug-likeness (QED) is 0.448. The van der Waals surface area contributed by atoms with Gasteiger partial charge in [-0.2, -0.15) is 0 Å². The second-order valence-corrected chi connectivity index (χ2v) is 5.29. The molecular weight excluding hydrogens is 178 g/mol. The Morgan fingerprint density at radius 3 is 2.17 bits per heavy atom. The van der Waals surface area contributed by atoms with Gasteiger partial charge in [0.05, 0.1) is 27.2 Å². The van der Waals surface area contributed by atoms with Gasteiger partial charge in [-0.3, -0.25) is 4.21 Å². The third-order valence-corrected chi connectivity index (χ3v) is 3.55. The second-order valence-electron chi connectivity index (χ2n) is 4.06. The molecular formula is C7H15NO3S. The first-order valence-electron chi connectivity index (χ1n) is 4.00. The van der Waals surface area contributed by atoms with Crippen LogP contribution in [0.5, 0.6) is 0 Å². The molecule has 1 aliphatic rings. The SMILES string of the molecule is C[N+]1(C)CCC(O)(S(=O)[O-])CC1. The van der Waals surface area contributed by atoms with Crippen molar-refractivity contribution < 1.29 is 18.4 Å². The fourth-order valence-corrected chi connectivity index (χ4v) is 1.87. The van der Waals surface area contributed by atoms with Crippen LogP contribution in [0.15, 0.2) is 0 Å². The molecule has 0 amide bonds. The van der Waals surface area contributed by atoms with E-state index in [0.29, 0.717) is 25.9 Å². The van der Waals surface area contributed by atoms with Gasteiger partial charge in [0.2, 0.25) is 0 Å². The summed E-state index contributed by atoms with van der Waals surface area (Å²) in [4.78, 5) is -1.46. The fraction of sp³-hybridized carbons (Fsp3) is 1.00. The molecule has 0 aromatic heterocycles. The largest absolute Gasteiger partial charge is 0.770 e.